The van der Waals surface area contributed by atoms with Gasteiger partial charge in [-0.1, -0.05) is 13.8 Å². The van der Waals surface area contributed by atoms with Gasteiger partial charge in [0.2, 0.25) is 0 Å². The zero-order valence-electron chi connectivity index (χ0n) is 17.4. The second kappa shape index (κ2) is 7.88. The number of carboxylic acids is 1. The molecule has 0 aliphatic carbocycles. The van der Waals surface area contributed by atoms with Gasteiger partial charge in [-0.05, 0) is 54.4 Å². The molecule has 4 N–H and O–H groups in total. The third kappa shape index (κ3) is 3.39. The Kier molecular flexibility index (Phi) is 5.22. The standard InChI is InChI=1S/C24H20F2N4O2/c1-12(2)23-21(19-8-7-17(26)22(29-19)24(31)32)16-10-18(28)13(11-27)9-20(16)30(23)15-5-3-14(25)4-6-15/h3-12,27H,28H2,1-2H3,(H,31,32). The lowest BCUT2D eigenvalue weighted by Crippen LogP contribution is -2.07. The number of carboxylic acid groups (broad SMARTS) is 1. The van der Waals surface area contributed by atoms with Gasteiger partial charge >= 0.3 is 5.97 Å². The number of anilines is 1. The van der Waals surface area contributed by atoms with E-state index in [2.05, 4.69) is 4.98 Å². The third-order valence-electron chi connectivity index (χ3n) is 5.30. The van der Waals surface area contributed by atoms with Crippen molar-refractivity contribution in [3.05, 3.63) is 77.1 Å². The van der Waals surface area contributed by atoms with Crippen LogP contribution in [-0.2, 0) is 0 Å². The summed E-state index contributed by atoms with van der Waals surface area (Å²) < 4.78 is 29.6. The lowest BCUT2D eigenvalue weighted by Gasteiger charge is -2.16. The summed E-state index contributed by atoms with van der Waals surface area (Å²) in [4.78, 5) is 15.6. The smallest absolute Gasteiger partial charge is 0.357 e. The van der Waals surface area contributed by atoms with Crippen molar-refractivity contribution in [2.24, 2.45) is 0 Å². The first-order valence-corrected chi connectivity index (χ1v) is 9.87. The molecule has 4 rings (SSSR count). The maximum Gasteiger partial charge on any atom is 0.357 e. The normalized spacial score (nSPS) is 11.3. The first kappa shape index (κ1) is 21.2. The number of aromatic carboxylic acids is 1. The highest BCUT2D eigenvalue weighted by Gasteiger charge is 2.25. The summed E-state index contributed by atoms with van der Waals surface area (Å²) in [5.41, 5.74) is 9.35. The molecule has 0 unspecified atom stereocenters. The van der Waals surface area contributed by atoms with E-state index in [9.17, 15) is 18.7 Å². The Balaban J connectivity index is 2.18. The number of nitrogens with zero attached hydrogens (tertiary/aromatic N) is 2. The minimum atomic E-state index is -1.47. The Morgan fingerprint density at radius 1 is 1.16 bits per heavy atom. The van der Waals surface area contributed by atoms with E-state index in [0.717, 1.165) is 18.0 Å². The van der Waals surface area contributed by atoms with Gasteiger partial charge in [-0.15, -0.1) is 0 Å². The molecule has 0 amide bonds. The number of hydrogen-bond acceptors (Lipinski definition) is 4. The quantitative estimate of drug-likeness (QED) is 0.290. The first-order chi connectivity index (χ1) is 15.2. The molecule has 2 aromatic heterocycles. The van der Waals surface area contributed by atoms with E-state index in [1.165, 1.54) is 18.2 Å². The van der Waals surface area contributed by atoms with Crippen LogP contribution in [0.1, 0.15) is 41.5 Å². The molecule has 0 saturated carbocycles. The number of benzene rings is 2. The van der Waals surface area contributed by atoms with Crippen LogP contribution < -0.4 is 5.73 Å². The van der Waals surface area contributed by atoms with Gasteiger partial charge in [-0.25, -0.2) is 18.6 Å². The van der Waals surface area contributed by atoms with E-state index >= 15 is 0 Å². The number of nitrogen functional groups attached to an aromatic ring is 1. The topological polar surface area (TPSA) is 105 Å². The van der Waals surface area contributed by atoms with Gasteiger partial charge in [0.05, 0.1) is 11.2 Å². The fourth-order valence-corrected chi connectivity index (χ4v) is 3.93. The number of rotatable bonds is 5. The van der Waals surface area contributed by atoms with Crippen molar-refractivity contribution in [1.29, 1.82) is 5.41 Å². The SMILES string of the molecule is CC(C)c1c(-c2ccc(F)c(C(=O)O)n2)c2cc(N)c(C=N)cc2n1-c1ccc(F)cc1. The molecule has 0 aliphatic heterocycles. The van der Waals surface area contributed by atoms with Crippen LogP contribution in [0.15, 0.2) is 48.5 Å². The van der Waals surface area contributed by atoms with Crippen molar-refractivity contribution >= 4 is 28.8 Å². The van der Waals surface area contributed by atoms with E-state index in [4.69, 9.17) is 11.1 Å². The summed E-state index contributed by atoms with van der Waals surface area (Å²) in [7, 11) is 0. The predicted octanol–water partition coefficient (Wildman–Crippen LogP) is 5.37. The van der Waals surface area contributed by atoms with Crippen LogP contribution in [0.25, 0.3) is 27.8 Å². The first-order valence-electron chi connectivity index (χ1n) is 9.87. The van der Waals surface area contributed by atoms with Crippen LogP contribution >= 0.6 is 0 Å². The highest BCUT2D eigenvalue weighted by atomic mass is 19.1. The number of hydrogen-bond donors (Lipinski definition) is 3. The number of nitrogens with one attached hydrogen (secondary N) is 1. The fourth-order valence-electron chi connectivity index (χ4n) is 3.93. The maximum absolute atomic E-state index is 14.1. The zero-order chi connectivity index (χ0) is 23.2. The summed E-state index contributed by atoms with van der Waals surface area (Å²) in [5.74, 6) is -2.86. The molecule has 0 aliphatic rings. The average Bonchev–Trinajstić information content (AvgIpc) is 3.08. The van der Waals surface area contributed by atoms with Crippen LogP contribution in [-0.4, -0.2) is 26.8 Å². The zero-order valence-corrected chi connectivity index (χ0v) is 17.4. The molecule has 32 heavy (non-hydrogen) atoms. The largest absolute Gasteiger partial charge is 0.476 e. The second-order valence-electron chi connectivity index (χ2n) is 7.70. The minimum absolute atomic E-state index is 0.0766. The molecular weight excluding hydrogens is 414 g/mol. The van der Waals surface area contributed by atoms with Crippen molar-refractivity contribution in [2.45, 2.75) is 19.8 Å². The van der Waals surface area contributed by atoms with Crippen molar-refractivity contribution in [3.8, 4) is 16.9 Å². The summed E-state index contributed by atoms with van der Waals surface area (Å²) in [6, 6.07) is 11.9. The van der Waals surface area contributed by atoms with Gasteiger partial charge in [0.25, 0.3) is 0 Å². The molecule has 0 radical (unpaired) electrons. The highest BCUT2D eigenvalue weighted by Crippen LogP contribution is 2.41. The molecular formula is C24H20F2N4O2. The summed E-state index contributed by atoms with van der Waals surface area (Å²) in [6.07, 6.45) is 1.14. The van der Waals surface area contributed by atoms with Gasteiger partial charge in [0.1, 0.15) is 5.82 Å². The maximum atomic E-state index is 14.1. The monoisotopic (exact) mass is 434 g/mol. The van der Waals surface area contributed by atoms with Gasteiger partial charge in [0, 0.05) is 39.8 Å². The molecule has 8 heteroatoms. The highest BCUT2D eigenvalue weighted by molar-refractivity contribution is 6.04. The van der Waals surface area contributed by atoms with E-state index in [0.29, 0.717) is 33.4 Å². The van der Waals surface area contributed by atoms with Crippen LogP contribution in [0.2, 0.25) is 0 Å². The minimum Gasteiger partial charge on any atom is -0.476 e. The molecule has 2 heterocycles. The third-order valence-corrected chi connectivity index (χ3v) is 5.30. The molecule has 0 bridgehead atoms. The van der Waals surface area contributed by atoms with Gasteiger partial charge < -0.3 is 20.8 Å². The van der Waals surface area contributed by atoms with Crippen LogP contribution in [0.4, 0.5) is 14.5 Å². The van der Waals surface area contributed by atoms with Gasteiger partial charge in [-0.3, -0.25) is 0 Å². The Morgan fingerprint density at radius 3 is 2.44 bits per heavy atom. The van der Waals surface area contributed by atoms with Crippen molar-refractivity contribution in [3.63, 3.8) is 0 Å². The lowest BCUT2D eigenvalue weighted by molar-refractivity contribution is 0.0685. The molecule has 6 nitrogen and oxygen atoms in total. The van der Waals surface area contributed by atoms with E-state index in [1.807, 2.05) is 18.4 Å². The lowest BCUT2D eigenvalue weighted by atomic mass is 9.99. The van der Waals surface area contributed by atoms with Crippen molar-refractivity contribution in [2.75, 3.05) is 5.73 Å². The van der Waals surface area contributed by atoms with Crippen LogP contribution in [0.3, 0.4) is 0 Å². The Labute approximate surface area is 182 Å². The van der Waals surface area contributed by atoms with Crippen LogP contribution in [0, 0.1) is 17.0 Å². The number of fused-ring (bicyclic) bond motifs is 1. The predicted molar refractivity (Wildman–Crippen MR) is 120 cm³/mol. The molecule has 0 spiro atoms. The van der Waals surface area contributed by atoms with E-state index in [1.54, 1.807) is 24.3 Å². The second-order valence-corrected chi connectivity index (χ2v) is 7.70. The fraction of sp³-hybridized carbons (Fsp3) is 0.125. The summed E-state index contributed by atoms with van der Waals surface area (Å²) in [5, 5.41) is 17.7. The molecule has 0 fully saturated rings. The van der Waals surface area contributed by atoms with E-state index < -0.39 is 17.5 Å². The van der Waals surface area contributed by atoms with Crippen molar-refractivity contribution < 1.29 is 18.7 Å². The van der Waals surface area contributed by atoms with E-state index in [-0.39, 0.29) is 17.4 Å². The van der Waals surface area contributed by atoms with Gasteiger partial charge in [-0.2, -0.15) is 0 Å². The molecule has 2 aromatic carbocycles. The van der Waals surface area contributed by atoms with Crippen LogP contribution in [0.5, 0.6) is 0 Å². The summed E-state index contributed by atoms with van der Waals surface area (Å²) >= 11 is 0. The number of nitrogens with two attached hydrogens (primary N) is 1. The number of pyridine rings is 1. The Hall–Kier alpha value is -4.07. The van der Waals surface area contributed by atoms with Crippen molar-refractivity contribution in [1.82, 2.24) is 9.55 Å². The summed E-state index contributed by atoms with van der Waals surface area (Å²) in [6.45, 7) is 3.92. The number of carbonyl (C=O) groups is 1. The van der Waals surface area contributed by atoms with Gasteiger partial charge in [0.15, 0.2) is 11.5 Å². The number of aromatic nitrogens is 2. The molecule has 0 saturated heterocycles. The average molecular weight is 434 g/mol. The Morgan fingerprint density at radius 2 is 1.84 bits per heavy atom. The molecule has 162 valence electrons. The molecule has 0 atom stereocenters. The number of halogens is 2. The molecule has 4 aromatic rings. The Bertz CT molecular complexity index is 1380.